The molecule has 0 saturated heterocycles. The summed E-state index contributed by atoms with van der Waals surface area (Å²) in [6, 6.07) is 9.84. The molecule has 0 saturated carbocycles. The Morgan fingerprint density at radius 2 is 2.19 bits per heavy atom. The van der Waals surface area contributed by atoms with Crippen LogP contribution in [0.2, 0.25) is 0 Å². The third-order valence-corrected chi connectivity index (χ3v) is 2.17. The summed E-state index contributed by atoms with van der Waals surface area (Å²) >= 11 is 0. The summed E-state index contributed by atoms with van der Waals surface area (Å²) in [4.78, 5) is 0. The number of halogens is 1. The van der Waals surface area contributed by atoms with Crippen molar-refractivity contribution in [3.8, 4) is 0 Å². The van der Waals surface area contributed by atoms with Crippen molar-refractivity contribution in [2.24, 2.45) is 5.10 Å². The van der Waals surface area contributed by atoms with Crippen LogP contribution in [0, 0.1) is 6.20 Å². The molecule has 1 aromatic rings. The molecule has 1 atom stereocenters. The molecule has 16 heavy (non-hydrogen) atoms. The van der Waals surface area contributed by atoms with Gasteiger partial charge in [0.25, 0.3) is 0 Å². The summed E-state index contributed by atoms with van der Waals surface area (Å²) in [5, 5.41) is 4.79. The highest BCUT2D eigenvalue weighted by Gasteiger charge is 2.10. The minimum atomic E-state index is -0.591. The van der Waals surface area contributed by atoms with Crippen LogP contribution in [0.3, 0.4) is 0 Å². The highest BCUT2D eigenvalue weighted by atomic mass is 19.1. The van der Waals surface area contributed by atoms with Gasteiger partial charge in [-0.2, -0.15) is 9.82 Å². The van der Waals surface area contributed by atoms with Crippen LogP contribution in [0.5, 0.6) is 0 Å². The Balaban J connectivity index is 1.98. The average Bonchev–Trinajstić information content (AvgIpc) is 2.30. The molecule has 1 aromatic carbocycles. The lowest BCUT2D eigenvalue weighted by Gasteiger charge is -2.24. The maximum atomic E-state index is 12.8. The zero-order chi connectivity index (χ0) is 11.4. The summed E-state index contributed by atoms with van der Waals surface area (Å²) in [7, 11) is 0. The first kappa shape index (κ1) is 10.6. The lowest BCUT2D eigenvalue weighted by molar-refractivity contribution is 0.115. The normalized spacial score (nSPS) is 16.6. The Labute approximate surface area is 93.4 Å². The lowest BCUT2D eigenvalue weighted by Crippen LogP contribution is -2.44. The molecule has 1 unspecified atom stereocenters. The Hall–Kier alpha value is -1.88. The molecular weight excluding hydrogens is 207 g/mol. The molecule has 2 rings (SSSR count). The van der Waals surface area contributed by atoms with E-state index < -0.39 is 5.97 Å². The van der Waals surface area contributed by atoms with Crippen LogP contribution in [0.1, 0.15) is 18.5 Å². The van der Waals surface area contributed by atoms with Crippen molar-refractivity contribution in [3.05, 3.63) is 48.2 Å². The van der Waals surface area contributed by atoms with Gasteiger partial charge in [0, 0.05) is 6.08 Å². The minimum absolute atomic E-state index is 0.0187. The maximum absolute atomic E-state index is 12.8. The van der Waals surface area contributed by atoms with E-state index in [2.05, 4.69) is 22.2 Å². The van der Waals surface area contributed by atoms with Crippen LogP contribution in [0.15, 0.2) is 41.5 Å². The number of rotatable bonds is 3. The van der Waals surface area contributed by atoms with Gasteiger partial charge in [-0.05, 0) is 12.5 Å². The topological polar surface area (TPSA) is 39.7 Å². The zero-order valence-corrected chi connectivity index (χ0v) is 8.81. The largest absolute Gasteiger partial charge is 0.265 e. The lowest BCUT2D eigenvalue weighted by atomic mass is 10.1. The van der Waals surface area contributed by atoms with Crippen molar-refractivity contribution < 1.29 is 4.39 Å². The van der Waals surface area contributed by atoms with Crippen LogP contribution in [0.25, 0.3) is 0 Å². The van der Waals surface area contributed by atoms with E-state index in [4.69, 9.17) is 0 Å². The fraction of sp³-hybridized carbons (Fsp3) is 0.182. The minimum Gasteiger partial charge on any atom is -0.265 e. The van der Waals surface area contributed by atoms with E-state index in [0.717, 1.165) is 11.6 Å². The van der Waals surface area contributed by atoms with Crippen LogP contribution in [-0.4, -0.2) is 11.2 Å². The smallest absolute Gasteiger partial charge is 0.236 e. The number of nitrogens with one attached hydrogen (secondary N) is 2. The number of hydrazine groups is 2. The third-order valence-electron chi connectivity index (χ3n) is 2.17. The molecule has 0 spiro atoms. The van der Waals surface area contributed by atoms with E-state index >= 15 is 0 Å². The van der Waals surface area contributed by atoms with Crippen LogP contribution >= 0.6 is 0 Å². The van der Waals surface area contributed by atoms with E-state index in [9.17, 15) is 4.39 Å². The number of allylic oxidation sites excluding steroid dienone is 1. The molecule has 0 bridgehead atoms. The molecule has 5 heteroatoms. The first-order valence-corrected chi connectivity index (χ1v) is 4.95. The van der Waals surface area contributed by atoms with Crippen molar-refractivity contribution in [1.82, 2.24) is 16.1 Å². The molecule has 4 nitrogen and oxygen atoms in total. The van der Waals surface area contributed by atoms with Crippen LogP contribution in [0.4, 0.5) is 4.39 Å². The molecule has 1 heterocycles. The van der Waals surface area contributed by atoms with Crippen LogP contribution < -0.4 is 10.9 Å². The summed E-state index contributed by atoms with van der Waals surface area (Å²) in [5.74, 6) is -0.591. The van der Waals surface area contributed by atoms with Gasteiger partial charge in [0.2, 0.25) is 5.97 Å². The first-order chi connectivity index (χ1) is 7.75. The van der Waals surface area contributed by atoms with Gasteiger partial charge in [-0.3, -0.25) is 5.43 Å². The van der Waals surface area contributed by atoms with Crippen molar-refractivity contribution in [2.45, 2.75) is 13.0 Å². The second-order valence-corrected chi connectivity index (χ2v) is 3.40. The molecule has 2 N–H and O–H groups in total. The van der Waals surface area contributed by atoms with Gasteiger partial charge in [0.15, 0.2) is 0 Å². The maximum Gasteiger partial charge on any atom is 0.236 e. The zero-order valence-electron chi connectivity index (χ0n) is 8.81. The molecular formula is C11H12FN4. The van der Waals surface area contributed by atoms with Gasteiger partial charge in [0.1, 0.15) is 0 Å². The number of hydrogen-bond acceptors (Lipinski definition) is 4. The van der Waals surface area contributed by atoms with Crippen molar-refractivity contribution in [3.63, 3.8) is 0 Å². The number of benzene rings is 1. The summed E-state index contributed by atoms with van der Waals surface area (Å²) in [5.41, 5.74) is 6.71. The predicted molar refractivity (Wildman–Crippen MR) is 59.3 cm³/mol. The van der Waals surface area contributed by atoms with E-state index in [1.807, 2.05) is 37.3 Å². The number of hydrogen-bond donors (Lipinski definition) is 2. The second kappa shape index (κ2) is 4.76. The molecule has 0 amide bonds. The predicted octanol–water partition coefficient (Wildman–Crippen LogP) is 1.67. The average molecular weight is 219 g/mol. The SMILES string of the molecule is CC(NN1N=C(F)C=[C]N1)c1ccccc1. The molecule has 83 valence electrons. The molecule has 1 aliphatic rings. The van der Waals surface area contributed by atoms with E-state index in [1.165, 1.54) is 5.23 Å². The van der Waals surface area contributed by atoms with Crippen molar-refractivity contribution in [2.75, 3.05) is 0 Å². The molecule has 0 fully saturated rings. The Morgan fingerprint density at radius 1 is 1.44 bits per heavy atom. The van der Waals surface area contributed by atoms with Crippen molar-refractivity contribution in [1.29, 1.82) is 0 Å². The van der Waals surface area contributed by atoms with Gasteiger partial charge in [-0.25, -0.2) is 0 Å². The van der Waals surface area contributed by atoms with Crippen molar-refractivity contribution >= 4 is 5.97 Å². The Bertz CT molecular complexity index is 402. The number of hydrazone groups is 1. The molecule has 0 aliphatic carbocycles. The standard InChI is InChI=1S/C11H12FN4/c1-9(10-5-3-2-4-6-10)14-16-13-8-7-11(12)15-16/h2-7,9,13-14H,1H3. The Kier molecular flexibility index (Phi) is 3.16. The summed E-state index contributed by atoms with van der Waals surface area (Å²) in [6.45, 7) is 1.96. The summed E-state index contributed by atoms with van der Waals surface area (Å²) < 4.78 is 12.8. The first-order valence-electron chi connectivity index (χ1n) is 4.95. The van der Waals surface area contributed by atoms with Crippen LogP contribution in [-0.2, 0) is 0 Å². The van der Waals surface area contributed by atoms with Gasteiger partial charge < -0.3 is 0 Å². The molecule has 0 aromatic heterocycles. The van der Waals surface area contributed by atoms with Gasteiger partial charge in [-0.15, -0.1) is 10.3 Å². The second-order valence-electron chi connectivity index (χ2n) is 3.40. The van der Waals surface area contributed by atoms with E-state index in [1.54, 1.807) is 0 Å². The quantitative estimate of drug-likeness (QED) is 0.812. The fourth-order valence-corrected chi connectivity index (χ4v) is 1.36. The highest BCUT2D eigenvalue weighted by molar-refractivity contribution is 5.85. The van der Waals surface area contributed by atoms with Gasteiger partial charge in [-0.1, -0.05) is 30.3 Å². The van der Waals surface area contributed by atoms with E-state index in [0.29, 0.717) is 0 Å². The highest BCUT2D eigenvalue weighted by Crippen LogP contribution is 2.11. The third kappa shape index (κ3) is 2.58. The fourth-order valence-electron chi connectivity index (χ4n) is 1.36. The molecule has 1 radical (unpaired) electrons. The summed E-state index contributed by atoms with van der Waals surface area (Å²) in [6.07, 6.45) is 3.65. The molecule has 1 aliphatic heterocycles. The Morgan fingerprint density at radius 3 is 2.88 bits per heavy atom. The number of nitrogens with zero attached hydrogens (tertiary/aromatic N) is 2. The van der Waals surface area contributed by atoms with Gasteiger partial charge >= 0.3 is 0 Å². The van der Waals surface area contributed by atoms with Gasteiger partial charge in [0.05, 0.1) is 12.2 Å². The van der Waals surface area contributed by atoms with E-state index in [-0.39, 0.29) is 6.04 Å². The monoisotopic (exact) mass is 219 g/mol.